The van der Waals surface area contributed by atoms with Crippen molar-refractivity contribution in [2.24, 2.45) is 0 Å². The van der Waals surface area contributed by atoms with Crippen molar-refractivity contribution in [2.75, 3.05) is 10.5 Å². The summed E-state index contributed by atoms with van der Waals surface area (Å²) in [5.41, 5.74) is 8.04. The number of sulfonamides is 1. The van der Waals surface area contributed by atoms with Crippen molar-refractivity contribution in [2.45, 2.75) is 4.90 Å². The molecule has 0 bridgehead atoms. The fourth-order valence-corrected chi connectivity index (χ4v) is 3.71. The molecule has 0 aliphatic rings. The van der Waals surface area contributed by atoms with Gasteiger partial charge in [0.05, 0.1) is 16.8 Å². The van der Waals surface area contributed by atoms with Crippen LogP contribution >= 0.6 is 24.0 Å². The molecule has 0 radical (unpaired) electrons. The maximum atomic E-state index is 12.5. The van der Waals surface area contributed by atoms with Crippen LogP contribution < -0.4 is 10.5 Å². The summed E-state index contributed by atoms with van der Waals surface area (Å²) in [5.74, 6) is 0.176. The van der Waals surface area contributed by atoms with Crippen molar-refractivity contribution in [3.63, 3.8) is 0 Å². The zero-order valence-electron chi connectivity index (χ0n) is 14.2. The molecule has 0 fully saturated rings. The number of nitrogens with one attached hydrogen (secondary N) is 1. The maximum absolute atomic E-state index is 12.5. The van der Waals surface area contributed by atoms with Crippen LogP contribution in [0.3, 0.4) is 0 Å². The van der Waals surface area contributed by atoms with E-state index in [9.17, 15) is 8.42 Å². The molecule has 0 unspecified atom stereocenters. The van der Waals surface area contributed by atoms with Gasteiger partial charge in [0.2, 0.25) is 5.95 Å². The lowest BCUT2D eigenvalue weighted by molar-refractivity contribution is 0.601. The average Bonchev–Trinajstić information content (AvgIpc) is 3.01. The van der Waals surface area contributed by atoms with Gasteiger partial charge < -0.3 is 5.73 Å². The first-order valence-electron chi connectivity index (χ1n) is 7.76. The smallest absolute Gasteiger partial charge is 0.261 e. The quantitative estimate of drug-likeness (QED) is 0.507. The molecule has 0 spiro atoms. The SMILES string of the molecule is Cl.Nc1nc2ccc(-c3cncc(NS(=O)(=O)c4ccc(Cl)cc4)c3)cn2n1. The van der Waals surface area contributed by atoms with Gasteiger partial charge in [-0.1, -0.05) is 11.6 Å². The Hall–Kier alpha value is -2.88. The van der Waals surface area contributed by atoms with Gasteiger partial charge in [-0.15, -0.1) is 17.5 Å². The average molecular weight is 437 g/mol. The molecular weight excluding hydrogens is 423 g/mol. The minimum absolute atomic E-state index is 0. The number of anilines is 2. The summed E-state index contributed by atoms with van der Waals surface area (Å²) < 4.78 is 29.1. The third-order valence-electron chi connectivity index (χ3n) is 3.80. The van der Waals surface area contributed by atoms with Crippen LogP contribution in [-0.2, 0) is 10.0 Å². The zero-order chi connectivity index (χ0) is 19.0. The molecule has 0 amide bonds. The van der Waals surface area contributed by atoms with Crippen molar-refractivity contribution in [1.29, 1.82) is 0 Å². The molecule has 0 aliphatic heterocycles. The van der Waals surface area contributed by atoms with E-state index in [0.29, 0.717) is 21.9 Å². The maximum Gasteiger partial charge on any atom is 0.261 e. The van der Waals surface area contributed by atoms with E-state index >= 15 is 0 Å². The van der Waals surface area contributed by atoms with Crippen LogP contribution in [0.1, 0.15) is 0 Å². The van der Waals surface area contributed by atoms with Crippen LogP contribution in [0.15, 0.2) is 66.0 Å². The predicted octanol–water partition coefficient (Wildman–Crippen LogP) is 3.25. The van der Waals surface area contributed by atoms with E-state index in [0.717, 1.165) is 5.56 Å². The Kier molecular flexibility index (Phi) is 5.41. The number of nitrogens with two attached hydrogens (primary N) is 1. The van der Waals surface area contributed by atoms with Crippen molar-refractivity contribution >= 4 is 51.3 Å². The van der Waals surface area contributed by atoms with Crippen LogP contribution in [-0.4, -0.2) is 28.0 Å². The van der Waals surface area contributed by atoms with Gasteiger partial charge in [-0.25, -0.2) is 12.9 Å². The van der Waals surface area contributed by atoms with Crippen molar-refractivity contribution < 1.29 is 8.42 Å². The Balaban J connectivity index is 0.00000225. The first kappa shape index (κ1) is 19.9. The largest absolute Gasteiger partial charge is 0.366 e. The molecule has 4 rings (SSSR count). The van der Waals surface area contributed by atoms with Crippen molar-refractivity contribution in [1.82, 2.24) is 19.6 Å². The highest BCUT2D eigenvalue weighted by Crippen LogP contribution is 2.24. The van der Waals surface area contributed by atoms with Gasteiger partial charge in [-0.05, 0) is 42.5 Å². The molecular formula is C17H14Cl2N6O2S. The highest BCUT2D eigenvalue weighted by molar-refractivity contribution is 7.92. The van der Waals surface area contributed by atoms with Crippen molar-refractivity contribution in [3.05, 3.63) is 66.1 Å². The third kappa shape index (κ3) is 4.01. The number of pyridine rings is 2. The molecule has 28 heavy (non-hydrogen) atoms. The lowest BCUT2D eigenvalue weighted by Gasteiger charge is -2.09. The summed E-state index contributed by atoms with van der Waals surface area (Å²) in [5, 5.41) is 4.53. The molecule has 3 N–H and O–H groups in total. The Morgan fingerprint density at radius 1 is 1.04 bits per heavy atom. The molecule has 0 aliphatic carbocycles. The van der Waals surface area contributed by atoms with Gasteiger partial charge in [0, 0.05) is 28.5 Å². The summed E-state index contributed by atoms with van der Waals surface area (Å²) in [6.07, 6.45) is 4.80. The standard InChI is InChI=1S/C17H13ClN6O2S.ClH/c18-13-2-4-15(5-3-13)27(25,26)23-14-7-12(8-20-9-14)11-1-6-16-21-17(19)22-24(16)10-11;/h1-10,23H,(H2,19,22);1H. The Morgan fingerprint density at radius 3 is 2.54 bits per heavy atom. The summed E-state index contributed by atoms with van der Waals surface area (Å²) in [6.45, 7) is 0. The normalized spacial score (nSPS) is 11.2. The van der Waals surface area contributed by atoms with Crippen LogP contribution in [0.5, 0.6) is 0 Å². The van der Waals surface area contributed by atoms with Gasteiger partial charge >= 0.3 is 0 Å². The molecule has 144 valence electrons. The number of fused-ring (bicyclic) bond motifs is 1. The molecule has 3 aromatic heterocycles. The first-order valence-corrected chi connectivity index (χ1v) is 9.62. The highest BCUT2D eigenvalue weighted by atomic mass is 35.5. The van der Waals surface area contributed by atoms with E-state index in [1.54, 1.807) is 29.0 Å². The summed E-state index contributed by atoms with van der Waals surface area (Å²) in [7, 11) is -3.75. The third-order valence-corrected chi connectivity index (χ3v) is 5.44. The first-order chi connectivity index (χ1) is 12.9. The number of hydrogen-bond acceptors (Lipinski definition) is 6. The monoisotopic (exact) mass is 436 g/mol. The molecule has 0 saturated carbocycles. The Morgan fingerprint density at radius 2 is 1.79 bits per heavy atom. The van der Waals surface area contributed by atoms with Gasteiger partial charge in [-0.3, -0.25) is 9.71 Å². The van der Waals surface area contributed by atoms with Crippen LogP contribution in [0, 0.1) is 0 Å². The minimum Gasteiger partial charge on any atom is -0.366 e. The fraction of sp³-hybridized carbons (Fsp3) is 0. The number of nitrogen functional groups attached to an aromatic ring is 1. The van der Waals surface area contributed by atoms with Crippen LogP contribution in [0.2, 0.25) is 5.02 Å². The number of halogens is 2. The van der Waals surface area contributed by atoms with Crippen LogP contribution in [0.25, 0.3) is 16.8 Å². The van der Waals surface area contributed by atoms with Gasteiger partial charge in [-0.2, -0.15) is 4.98 Å². The van der Waals surface area contributed by atoms with E-state index in [4.69, 9.17) is 17.3 Å². The fourth-order valence-electron chi connectivity index (χ4n) is 2.55. The van der Waals surface area contributed by atoms with Crippen LogP contribution in [0.4, 0.5) is 11.6 Å². The summed E-state index contributed by atoms with van der Waals surface area (Å²) in [6, 6.07) is 11.2. The van der Waals surface area contributed by atoms with Crippen molar-refractivity contribution in [3.8, 4) is 11.1 Å². The van der Waals surface area contributed by atoms with E-state index < -0.39 is 10.0 Å². The number of aromatic nitrogens is 4. The zero-order valence-corrected chi connectivity index (χ0v) is 16.5. The lowest BCUT2D eigenvalue weighted by atomic mass is 10.1. The molecule has 3 heterocycles. The highest BCUT2D eigenvalue weighted by Gasteiger charge is 2.15. The molecule has 11 heteroatoms. The molecule has 0 saturated heterocycles. The predicted molar refractivity (Wildman–Crippen MR) is 110 cm³/mol. The summed E-state index contributed by atoms with van der Waals surface area (Å²) >= 11 is 5.81. The second kappa shape index (κ2) is 7.63. The van der Waals surface area contributed by atoms with E-state index in [1.165, 1.54) is 30.5 Å². The molecule has 0 atom stereocenters. The minimum atomic E-state index is -3.75. The second-order valence-corrected chi connectivity index (χ2v) is 7.83. The Labute approximate surface area is 171 Å². The van der Waals surface area contributed by atoms with Gasteiger partial charge in [0.15, 0.2) is 5.65 Å². The van der Waals surface area contributed by atoms with E-state index in [-0.39, 0.29) is 23.3 Å². The molecule has 1 aromatic carbocycles. The molecule has 8 nitrogen and oxygen atoms in total. The number of rotatable bonds is 4. The van der Waals surface area contributed by atoms with Gasteiger partial charge in [0.25, 0.3) is 10.0 Å². The summed E-state index contributed by atoms with van der Waals surface area (Å²) in [4.78, 5) is 8.29. The number of nitrogens with zero attached hydrogens (tertiary/aromatic N) is 4. The van der Waals surface area contributed by atoms with E-state index in [2.05, 4.69) is 19.8 Å². The number of hydrogen-bond donors (Lipinski definition) is 2. The van der Waals surface area contributed by atoms with E-state index in [1.807, 2.05) is 6.07 Å². The second-order valence-electron chi connectivity index (χ2n) is 5.71. The number of benzene rings is 1. The lowest BCUT2D eigenvalue weighted by Crippen LogP contribution is -2.13. The molecule has 4 aromatic rings. The Bertz CT molecular complexity index is 1240. The van der Waals surface area contributed by atoms with Gasteiger partial charge in [0.1, 0.15) is 0 Å². The topological polar surface area (TPSA) is 115 Å².